The van der Waals surface area contributed by atoms with Crippen molar-refractivity contribution in [2.24, 2.45) is 0 Å². The summed E-state index contributed by atoms with van der Waals surface area (Å²) in [5, 5.41) is 1.13. The molecule has 0 aliphatic rings. The molecular weight excluding hydrogens is 248 g/mol. The molecule has 20 heavy (non-hydrogen) atoms. The van der Waals surface area contributed by atoms with Gasteiger partial charge in [0.1, 0.15) is 6.29 Å². The molecule has 0 N–H and O–H groups in total. The van der Waals surface area contributed by atoms with E-state index in [1.807, 2.05) is 18.3 Å². The van der Waals surface area contributed by atoms with Gasteiger partial charge in [-0.3, -0.25) is 14.8 Å². The Morgan fingerprint density at radius 2 is 2.00 bits per heavy atom. The molecule has 3 aromatic rings. The SMILES string of the molecule is Cc1ccc2ncc(Cc3cc(C=O)ccn3)cc2c1. The minimum atomic E-state index is 0.652. The number of carbonyl (C=O) groups excluding carboxylic acids is 1. The van der Waals surface area contributed by atoms with Crippen LogP contribution in [-0.2, 0) is 6.42 Å². The van der Waals surface area contributed by atoms with Crippen LogP contribution >= 0.6 is 0 Å². The second-order valence-electron chi connectivity index (χ2n) is 4.91. The van der Waals surface area contributed by atoms with Crippen molar-refractivity contribution in [3.8, 4) is 0 Å². The van der Waals surface area contributed by atoms with Crippen molar-refractivity contribution in [2.75, 3.05) is 0 Å². The van der Waals surface area contributed by atoms with Gasteiger partial charge in [-0.1, -0.05) is 11.6 Å². The van der Waals surface area contributed by atoms with E-state index in [1.165, 1.54) is 5.56 Å². The van der Waals surface area contributed by atoms with E-state index in [0.29, 0.717) is 12.0 Å². The van der Waals surface area contributed by atoms with Crippen molar-refractivity contribution >= 4 is 17.2 Å². The summed E-state index contributed by atoms with van der Waals surface area (Å²) >= 11 is 0. The van der Waals surface area contributed by atoms with Crippen molar-refractivity contribution < 1.29 is 4.79 Å². The lowest BCUT2D eigenvalue weighted by Crippen LogP contribution is -1.95. The zero-order chi connectivity index (χ0) is 13.9. The Hall–Kier alpha value is -2.55. The molecule has 0 saturated heterocycles. The second kappa shape index (κ2) is 5.21. The molecular formula is C17H14N2O. The molecule has 0 unspecified atom stereocenters. The van der Waals surface area contributed by atoms with Gasteiger partial charge in [0.05, 0.1) is 5.52 Å². The number of fused-ring (bicyclic) bond motifs is 1. The Kier molecular flexibility index (Phi) is 3.25. The first-order valence-electron chi connectivity index (χ1n) is 6.50. The molecule has 1 aromatic carbocycles. The van der Waals surface area contributed by atoms with Gasteiger partial charge in [-0.2, -0.15) is 0 Å². The van der Waals surface area contributed by atoms with E-state index in [-0.39, 0.29) is 0 Å². The van der Waals surface area contributed by atoms with Crippen LogP contribution in [0.15, 0.2) is 48.8 Å². The minimum absolute atomic E-state index is 0.652. The van der Waals surface area contributed by atoms with E-state index in [0.717, 1.165) is 28.4 Å². The lowest BCUT2D eigenvalue weighted by Gasteiger charge is -2.04. The summed E-state index contributed by atoms with van der Waals surface area (Å²) in [4.78, 5) is 19.5. The normalized spacial score (nSPS) is 10.7. The maximum atomic E-state index is 10.8. The van der Waals surface area contributed by atoms with Crippen LogP contribution in [0.4, 0.5) is 0 Å². The smallest absolute Gasteiger partial charge is 0.150 e. The van der Waals surface area contributed by atoms with Crippen LogP contribution < -0.4 is 0 Å². The molecule has 3 heteroatoms. The summed E-state index contributed by atoms with van der Waals surface area (Å²) in [5.41, 5.74) is 4.84. The fraction of sp³-hybridized carbons (Fsp3) is 0.118. The predicted molar refractivity (Wildman–Crippen MR) is 78.9 cm³/mol. The van der Waals surface area contributed by atoms with E-state index < -0.39 is 0 Å². The fourth-order valence-electron chi connectivity index (χ4n) is 2.27. The van der Waals surface area contributed by atoms with Crippen LogP contribution in [0.1, 0.15) is 27.2 Å². The van der Waals surface area contributed by atoms with Crippen molar-refractivity contribution in [3.63, 3.8) is 0 Å². The van der Waals surface area contributed by atoms with Crippen LogP contribution in [0.5, 0.6) is 0 Å². The molecule has 3 nitrogen and oxygen atoms in total. The molecule has 0 bridgehead atoms. The van der Waals surface area contributed by atoms with Gasteiger partial charge < -0.3 is 0 Å². The molecule has 0 fully saturated rings. The number of carbonyl (C=O) groups is 1. The van der Waals surface area contributed by atoms with Gasteiger partial charge in [0, 0.05) is 35.5 Å². The number of nitrogens with zero attached hydrogens (tertiary/aromatic N) is 2. The van der Waals surface area contributed by atoms with Crippen LogP contribution in [0.25, 0.3) is 10.9 Å². The summed E-state index contributed by atoms with van der Waals surface area (Å²) < 4.78 is 0. The highest BCUT2D eigenvalue weighted by atomic mass is 16.1. The Bertz CT molecular complexity index is 781. The van der Waals surface area contributed by atoms with Crippen molar-refractivity contribution in [1.82, 2.24) is 9.97 Å². The molecule has 98 valence electrons. The van der Waals surface area contributed by atoms with E-state index in [4.69, 9.17) is 0 Å². The third kappa shape index (κ3) is 2.57. The number of aldehydes is 1. The summed E-state index contributed by atoms with van der Waals surface area (Å²) in [6.07, 6.45) is 5.05. The zero-order valence-corrected chi connectivity index (χ0v) is 11.2. The number of hydrogen-bond donors (Lipinski definition) is 0. The Balaban J connectivity index is 1.95. The molecule has 0 radical (unpaired) electrons. The topological polar surface area (TPSA) is 42.9 Å². The Morgan fingerprint density at radius 3 is 2.85 bits per heavy atom. The monoisotopic (exact) mass is 262 g/mol. The van der Waals surface area contributed by atoms with Crippen molar-refractivity contribution in [2.45, 2.75) is 13.3 Å². The third-order valence-corrected chi connectivity index (χ3v) is 3.26. The van der Waals surface area contributed by atoms with Gasteiger partial charge in [0.25, 0.3) is 0 Å². The van der Waals surface area contributed by atoms with E-state index >= 15 is 0 Å². The van der Waals surface area contributed by atoms with Gasteiger partial charge in [-0.25, -0.2) is 0 Å². The number of aryl methyl sites for hydroxylation is 1. The van der Waals surface area contributed by atoms with E-state index in [2.05, 4.69) is 35.1 Å². The molecule has 0 saturated carbocycles. The van der Waals surface area contributed by atoms with Crippen molar-refractivity contribution in [3.05, 3.63) is 71.2 Å². The molecule has 0 amide bonds. The molecule has 3 rings (SSSR count). The summed E-state index contributed by atoms with van der Waals surface area (Å²) in [6, 6.07) is 11.9. The summed E-state index contributed by atoms with van der Waals surface area (Å²) in [5.74, 6) is 0. The Labute approximate surface area is 117 Å². The van der Waals surface area contributed by atoms with Gasteiger partial charge in [-0.15, -0.1) is 0 Å². The van der Waals surface area contributed by atoms with E-state index in [1.54, 1.807) is 12.3 Å². The number of benzene rings is 1. The lowest BCUT2D eigenvalue weighted by molar-refractivity contribution is 0.112. The van der Waals surface area contributed by atoms with Crippen LogP contribution in [0.3, 0.4) is 0 Å². The van der Waals surface area contributed by atoms with Crippen LogP contribution in [-0.4, -0.2) is 16.3 Å². The largest absolute Gasteiger partial charge is 0.298 e. The third-order valence-electron chi connectivity index (χ3n) is 3.26. The number of pyridine rings is 2. The highest BCUT2D eigenvalue weighted by Crippen LogP contribution is 2.17. The first kappa shape index (κ1) is 12.5. The standard InChI is InChI=1S/C17H14N2O/c1-12-2-3-17-15(6-12)7-14(10-19-17)9-16-8-13(11-20)4-5-18-16/h2-8,10-11H,9H2,1H3. The number of hydrogen-bond acceptors (Lipinski definition) is 3. The predicted octanol–water partition coefficient (Wildman–Crippen LogP) is 3.34. The second-order valence-corrected chi connectivity index (χ2v) is 4.91. The summed E-state index contributed by atoms with van der Waals surface area (Å²) in [6.45, 7) is 2.07. The fourth-order valence-corrected chi connectivity index (χ4v) is 2.27. The maximum absolute atomic E-state index is 10.8. The van der Waals surface area contributed by atoms with Crippen LogP contribution in [0.2, 0.25) is 0 Å². The maximum Gasteiger partial charge on any atom is 0.150 e. The molecule has 2 heterocycles. The average molecular weight is 262 g/mol. The lowest BCUT2D eigenvalue weighted by atomic mass is 10.1. The van der Waals surface area contributed by atoms with Gasteiger partial charge in [-0.05, 0) is 42.8 Å². The van der Waals surface area contributed by atoms with Crippen molar-refractivity contribution in [1.29, 1.82) is 0 Å². The van der Waals surface area contributed by atoms with Crippen LogP contribution in [0, 0.1) is 6.92 Å². The minimum Gasteiger partial charge on any atom is -0.298 e. The highest BCUT2D eigenvalue weighted by Gasteiger charge is 2.02. The van der Waals surface area contributed by atoms with Gasteiger partial charge >= 0.3 is 0 Å². The molecule has 0 aliphatic heterocycles. The Morgan fingerprint density at radius 1 is 1.10 bits per heavy atom. The average Bonchev–Trinajstić information content (AvgIpc) is 2.47. The van der Waals surface area contributed by atoms with Gasteiger partial charge in [0.2, 0.25) is 0 Å². The zero-order valence-electron chi connectivity index (χ0n) is 11.2. The number of aromatic nitrogens is 2. The van der Waals surface area contributed by atoms with E-state index in [9.17, 15) is 4.79 Å². The molecule has 2 aromatic heterocycles. The molecule has 0 atom stereocenters. The first-order chi connectivity index (χ1) is 9.74. The van der Waals surface area contributed by atoms with Gasteiger partial charge in [0.15, 0.2) is 0 Å². The molecule has 0 aliphatic carbocycles. The quantitative estimate of drug-likeness (QED) is 0.680. The first-order valence-corrected chi connectivity index (χ1v) is 6.50. The molecule has 0 spiro atoms. The highest BCUT2D eigenvalue weighted by molar-refractivity contribution is 5.79. The number of rotatable bonds is 3. The summed E-state index contributed by atoms with van der Waals surface area (Å²) in [7, 11) is 0.